The van der Waals surface area contributed by atoms with Gasteiger partial charge in [0.2, 0.25) is 16.6 Å². The number of hydrogen-bond donors (Lipinski definition) is 0. The van der Waals surface area contributed by atoms with Gasteiger partial charge in [-0.2, -0.15) is 0 Å². The summed E-state index contributed by atoms with van der Waals surface area (Å²) in [4.78, 5) is 13.7. The summed E-state index contributed by atoms with van der Waals surface area (Å²) >= 11 is 0. The molecule has 0 spiro atoms. The van der Waals surface area contributed by atoms with Gasteiger partial charge in [0, 0.05) is 11.5 Å². The quantitative estimate of drug-likeness (QED) is 0.227. The Bertz CT molecular complexity index is 755. The highest BCUT2D eigenvalue weighted by Gasteiger charge is 2.44. The third-order valence-corrected chi connectivity index (χ3v) is 7.24. The maximum atomic E-state index is 13.7. The van der Waals surface area contributed by atoms with Crippen molar-refractivity contribution in [1.29, 1.82) is 0 Å². The fourth-order valence-electron chi connectivity index (χ4n) is 3.20. The zero-order chi connectivity index (χ0) is 24.4. The number of rotatable bonds is 11. The summed E-state index contributed by atoms with van der Waals surface area (Å²) in [7, 11) is -5.91. The lowest BCUT2D eigenvalue weighted by Crippen LogP contribution is -2.37. The lowest BCUT2D eigenvalue weighted by molar-refractivity contribution is -0.118. The molecule has 2 atom stereocenters. The van der Waals surface area contributed by atoms with Gasteiger partial charge in [0.25, 0.3) is 0 Å². The summed E-state index contributed by atoms with van der Waals surface area (Å²) < 4.78 is 20.0. The molecule has 0 saturated carbocycles. The van der Waals surface area contributed by atoms with E-state index in [1.807, 2.05) is 6.92 Å². The lowest BCUT2D eigenvalue weighted by Gasteiger charge is -2.31. The number of Topliss-reactive ketones (excluding diaryl/α,β-unsaturated/α-hetero) is 1. The summed E-state index contributed by atoms with van der Waals surface area (Å²) in [5.41, 5.74) is 2.92. The predicted octanol–water partition coefficient (Wildman–Crippen LogP) is 7.40. The molecule has 2 unspecified atom stereocenters. The molecule has 31 heavy (non-hydrogen) atoms. The molecule has 0 heterocycles. The summed E-state index contributed by atoms with van der Waals surface area (Å²) in [6.07, 6.45) is 3.34. The van der Waals surface area contributed by atoms with Gasteiger partial charge in [-0.25, -0.2) is 0 Å². The molecule has 0 aromatic rings. The Morgan fingerprint density at radius 2 is 1.45 bits per heavy atom. The maximum Gasteiger partial charge on any atom is 0.242 e. The number of hydrogen-bond acceptors (Lipinski definition) is 4. The molecule has 1 rings (SSSR count). The topological polar surface area (TPSA) is 44.8 Å². The van der Waals surface area contributed by atoms with Crippen LogP contribution in [0.2, 0.25) is 58.9 Å². The summed E-state index contributed by atoms with van der Waals surface area (Å²) in [6, 6.07) is 0. The highest BCUT2D eigenvalue weighted by atomic mass is 28.4. The Balaban J connectivity index is 3.87. The molecule has 0 bridgehead atoms. The zero-order valence-electron chi connectivity index (χ0n) is 22.3. The van der Waals surface area contributed by atoms with Crippen LogP contribution in [0.4, 0.5) is 0 Å². The van der Waals surface area contributed by atoms with Gasteiger partial charge in [0.15, 0.2) is 14.1 Å². The molecule has 0 aromatic carbocycles. The Morgan fingerprint density at radius 3 is 1.84 bits per heavy atom. The molecule has 1 aliphatic rings. The molecule has 0 aliphatic heterocycles. The molecule has 178 valence electrons. The standard InChI is InChI=1S/C24H46O4Si3/c1-14-18(4)21(25)20-22(26-29(5,6)7)19(16-15-17(2)3)23(27-30(8,9)10)24(20)28-31(11,12)13/h15,18,23H,14,16H2,1-13H3. The monoisotopic (exact) mass is 482 g/mol. The van der Waals surface area contributed by atoms with Gasteiger partial charge >= 0.3 is 0 Å². The first-order valence-electron chi connectivity index (χ1n) is 11.6. The molecule has 0 amide bonds. The van der Waals surface area contributed by atoms with E-state index in [2.05, 4.69) is 85.8 Å². The molecular formula is C24H46O4Si3. The van der Waals surface area contributed by atoms with Gasteiger partial charge < -0.3 is 13.3 Å². The van der Waals surface area contributed by atoms with Crippen LogP contribution < -0.4 is 0 Å². The van der Waals surface area contributed by atoms with Gasteiger partial charge in [-0.15, -0.1) is 0 Å². The van der Waals surface area contributed by atoms with Crippen LogP contribution in [0.15, 0.2) is 34.3 Å². The van der Waals surface area contributed by atoms with E-state index in [4.69, 9.17) is 13.3 Å². The Hall–Kier alpha value is -0.899. The molecule has 0 aromatic heterocycles. The van der Waals surface area contributed by atoms with Gasteiger partial charge in [-0.1, -0.05) is 25.5 Å². The largest absolute Gasteiger partial charge is 0.545 e. The number of ketones is 1. The van der Waals surface area contributed by atoms with Crippen LogP contribution in [0.1, 0.15) is 40.5 Å². The molecular weight excluding hydrogens is 437 g/mol. The van der Waals surface area contributed by atoms with Gasteiger partial charge in [-0.3, -0.25) is 4.79 Å². The van der Waals surface area contributed by atoms with Crippen molar-refractivity contribution in [2.75, 3.05) is 0 Å². The molecule has 0 fully saturated rings. The molecule has 4 nitrogen and oxygen atoms in total. The Labute approximate surface area is 194 Å². The van der Waals surface area contributed by atoms with Crippen molar-refractivity contribution < 1.29 is 18.1 Å². The van der Waals surface area contributed by atoms with Crippen LogP contribution >= 0.6 is 0 Å². The predicted molar refractivity (Wildman–Crippen MR) is 140 cm³/mol. The van der Waals surface area contributed by atoms with E-state index < -0.39 is 25.0 Å². The number of allylic oxidation sites excluding steroid dienone is 3. The van der Waals surface area contributed by atoms with Crippen LogP contribution in [0.25, 0.3) is 0 Å². The van der Waals surface area contributed by atoms with Crippen molar-refractivity contribution in [1.82, 2.24) is 0 Å². The van der Waals surface area contributed by atoms with Gasteiger partial charge in [0.05, 0.1) is 5.57 Å². The smallest absolute Gasteiger partial charge is 0.242 e. The minimum Gasteiger partial charge on any atom is -0.545 e. The van der Waals surface area contributed by atoms with Crippen molar-refractivity contribution >= 4 is 30.7 Å². The highest BCUT2D eigenvalue weighted by Crippen LogP contribution is 2.43. The van der Waals surface area contributed by atoms with Gasteiger partial charge in [0.1, 0.15) is 17.6 Å². The van der Waals surface area contributed by atoms with Crippen molar-refractivity contribution in [3.05, 3.63) is 34.3 Å². The van der Waals surface area contributed by atoms with E-state index >= 15 is 0 Å². The van der Waals surface area contributed by atoms with Crippen molar-refractivity contribution in [3.8, 4) is 0 Å². The van der Waals surface area contributed by atoms with Crippen molar-refractivity contribution in [3.63, 3.8) is 0 Å². The molecule has 0 saturated heterocycles. The van der Waals surface area contributed by atoms with E-state index in [1.54, 1.807) is 0 Å². The lowest BCUT2D eigenvalue weighted by atomic mass is 9.96. The molecule has 0 N–H and O–H groups in total. The normalized spacial score (nSPS) is 18.9. The molecule has 7 heteroatoms. The zero-order valence-corrected chi connectivity index (χ0v) is 25.3. The van der Waals surface area contributed by atoms with Crippen LogP contribution in [-0.2, 0) is 18.1 Å². The second-order valence-electron chi connectivity index (χ2n) is 11.8. The van der Waals surface area contributed by atoms with E-state index in [0.717, 1.165) is 17.8 Å². The summed E-state index contributed by atoms with van der Waals surface area (Å²) in [5.74, 6) is 1.46. The fourth-order valence-corrected chi connectivity index (χ4v) is 5.87. The van der Waals surface area contributed by atoms with Crippen LogP contribution in [-0.4, -0.2) is 36.8 Å². The third-order valence-electron chi connectivity index (χ3n) is 4.65. The second kappa shape index (κ2) is 10.4. The first-order chi connectivity index (χ1) is 13.9. The fraction of sp³-hybridized carbons (Fsp3) is 0.708. The third kappa shape index (κ3) is 8.87. The molecule has 0 radical (unpaired) electrons. The highest BCUT2D eigenvalue weighted by molar-refractivity contribution is 6.71. The SMILES string of the molecule is CCC(C)C(=O)C1=C(O[Si](C)(C)C)C(O[Si](C)(C)C)C(CC=C(C)C)=C1O[Si](C)(C)C. The average molecular weight is 483 g/mol. The number of carbonyl (C=O) groups is 1. The first-order valence-corrected chi connectivity index (χ1v) is 21.8. The maximum absolute atomic E-state index is 13.7. The van der Waals surface area contributed by atoms with Crippen LogP contribution in [0.5, 0.6) is 0 Å². The second-order valence-corrected chi connectivity index (χ2v) is 25.1. The minimum absolute atomic E-state index is 0.0918. The molecule has 1 aliphatic carbocycles. The Kier molecular flexibility index (Phi) is 9.40. The number of carbonyl (C=O) groups excluding carboxylic acids is 1. The van der Waals surface area contributed by atoms with Crippen molar-refractivity contribution in [2.24, 2.45) is 5.92 Å². The first kappa shape index (κ1) is 28.1. The van der Waals surface area contributed by atoms with Crippen LogP contribution in [0, 0.1) is 5.92 Å². The van der Waals surface area contributed by atoms with E-state index in [0.29, 0.717) is 17.8 Å². The summed E-state index contributed by atoms with van der Waals surface area (Å²) in [6.45, 7) is 27.8. The van der Waals surface area contributed by atoms with E-state index in [-0.39, 0.29) is 17.8 Å². The minimum atomic E-state index is -2.00. The van der Waals surface area contributed by atoms with E-state index in [9.17, 15) is 4.79 Å². The van der Waals surface area contributed by atoms with E-state index in [1.165, 1.54) is 5.57 Å². The summed E-state index contributed by atoms with van der Waals surface area (Å²) in [5, 5.41) is 0. The average Bonchev–Trinajstić information content (AvgIpc) is 2.79. The van der Waals surface area contributed by atoms with Crippen LogP contribution in [0.3, 0.4) is 0 Å². The Morgan fingerprint density at radius 1 is 0.935 bits per heavy atom. The van der Waals surface area contributed by atoms with Crippen molar-refractivity contribution in [2.45, 2.75) is 106 Å². The van der Waals surface area contributed by atoms with Gasteiger partial charge in [-0.05, 0) is 85.6 Å².